The van der Waals surface area contributed by atoms with Crippen molar-refractivity contribution in [1.82, 2.24) is 4.90 Å². The molecule has 1 aromatic rings. The molecule has 1 aliphatic rings. The predicted molar refractivity (Wildman–Crippen MR) is 80.6 cm³/mol. The van der Waals surface area contributed by atoms with Crippen LogP contribution in [0.2, 0.25) is 0 Å². The molecular formula is C15H21FN2S. The van der Waals surface area contributed by atoms with Gasteiger partial charge in [-0.25, -0.2) is 4.39 Å². The van der Waals surface area contributed by atoms with Gasteiger partial charge in [0.15, 0.2) is 0 Å². The lowest BCUT2D eigenvalue weighted by Crippen LogP contribution is -2.39. The van der Waals surface area contributed by atoms with Gasteiger partial charge in [-0.2, -0.15) is 0 Å². The molecule has 2 nitrogen and oxygen atoms in total. The first-order valence-corrected chi connectivity index (χ1v) is 7.20. The van der Waals surface area contributed by atoms with E-state index < -0.39 is 0 Å². The molecule has 0 amide bonds. The van der Waals surface area contributed by atoms with E-state index in [1.165, 1.54) is 18.9 Å². The second-order valence-corrected chi connectivity index (χ2v) is 6.07. The fourth-order valence-corrected chi connectivity index (χ4v) is 2.94. The van der Waals surface area contributed by atoms with Gasteiger partial charge >= 0.3 is 0 Å². The highest BCUT2D eigenvalue weighted by molar-refractivity contribution is 7.80. The molecule has 2 rings (SSSR count). The van der Waals surface area contributed by atoms with Crippen LogP contribution in [0.15, 0.2) is 18.2 Å². The van der Waals surface area contributed by atoms with Crippen molar-refractivity contribution < 1.29 is 4.39 Å². The molecule has 1 aliphatic heterocycles. The Morgan fingerprint density at radius 1 is 1.47 bits per heavy atom. The smallest absolute Gasteiger partial charge is 0.133 e. The third-order valence-electron chi connectivity index (χ3n) is 3.96. The highest BCUT2D eigenvalue weighted by Gasteiger charge is 2.22. The van der Waals surface area contributed by atoms with Crippen LogP contribution in [0.5, 0.6) is 0 Å². The molecule has 0 aliphatic carbocycles. The zero-order valence-corrected chi connectivity index (χ0v) is 12.3. The SMILES string of the molecule is CC1CCN(Cc2ccc(F)c(C(N)=S)c2)C(C)C1. The van der Waals surface area contributed by atoms with Gasteiger partial charge in [-0.05, 0) is 49.9 Å². The van der Waals surface area contributed by atoms with Crippen LogP contribution in [0, 0.1) is 11.7 Å². The third-order valence-corrected chi connectivity index (χ3v) is 4.18. The quantitative estimate of drug-likeness (QED) is 0.863. The van der Waals surface area contributed by atoms with Gasteiger partial charge in [-0.1, -0.05) is 25.2 Å². The maximum Gasteiger partial charge on any atom is 0.133 e. The Kier molecular flexibility index (Phi) is 4.53. The lowest BCUT2D eigenvalue weighted by molar-refractivity contribution is 0.122. The van der Waals surface area contributed by atoms with Crippen LogP contribution in [0.1, 0.15) is 37.8 Å². The molecule has 4 heteroatoms. The van der Waals surface area contributed by atoms with Crippen molar-refractivity contribution >= 4 is 17.2 Å². The summed E-state index contributed by atoms with van der Waals surface area (Å²) in [5.74, 6) is 0.461. The van der Waals surface area contributed by atoms with Gasteiger partial charge in [0.2, 0.25) is 0 Å². The van der Waals surface area contributed by atoms with Gasteiger partial charge in [0.25, 0.3) is 0 Å². The zero-order valence-electron chi connectivity index (χ0n) is 11.5. The van der Waals surface area contributed by atoms with Crippen LogP contribution in [0.4, 0.5) is 4.39 Å². The van der Waals surface area contributed by atoms with Gasteiger partial charge in [0.05, 0.1) is 0 Å². The summed E-state index contributed by atoms with van der Waals surface area (Å²) in [6.45, 7) is 6.50. The molecule has 0 aromatic heterocycles. The number of piperidine rings is 1. The van der Waals surface area contributed by atoms with E-state index in [1.807, 2.05) is 6.07 Å². The number of halogens is 1. The number of likely N-dealkylation sites (tertiary alicyclic amines) is 1. The average Bonchev–Trinajstić information content (AvgIpc) is 2.34. The van der Waals surface area contributed by atoms with Crippen molar-refractivity contribution in [2.75, 3.05) is 6.54 Å². The van der Waals surface area contributed by atoms with Gasteiger partial charge in [-0.3, -0.25) is 4.90 Å². The largest absolute Gasteiger partial charge is 0.389 e. The molecule has 1 aromatic carbocycles. The van der Waals surface area contributed by atoms with Crippen LogP contribution in [-0.4, -0.2) is 22.5 Å². The summed E-state index contributed by atoms with van der Waals surface area (Å²) in [5.41, 5.74) is 6.97. The highest BCUT2D eigenvalue weighted by Crippen LogP contribution is 2.24. The number of hydrogen-bond acceptors (Lipinski definition) is 2. The fourth-order valence-electron chi connectivity index (χ4n) is 2.78. The topological polar surface area (TPSA) is 29.3 Å². The number of thiocarbonyl (C=S) groups is 1. The molecule has 0 saturated carbocycles. The Hall–Kier alpha value is -1.00. The standard InChI is InChI=1S/C15H21FN2S/c1-10-5-6-18(11(2)7-10)9-12-3-4-14(16)13(8-12)15(17)19/h3-4,8,10-11H,5-7,9H2,1-2H3,(H2,17,19). The first-order chi connectivity index (χ1) is 8.97. The molecule has 0 bridgehead atoms. The number of benzene rings is 1. The second kappa shape index (κ2) is 5.97. The van der Waals surface area contributed by atoms with E-state index in [4.69, 9.17) is 18.0 Å². The van der Waals surface area contributed by atoms with Gasteiger partial charge in [0, 0.05) is 18.2 Å². The van der Waals surface area contributed by atoms with Crippen molar-refractivity contribution in [3.63, 3.8) is 0 Å². The number of nitrogens with two attached hydrogens (primary N) is 1. The number of rotatable bonds is 3. The van der Waals surface area contributed by atoms with Crippen molar-refractivity contribution in [1.29, 1.82) is 0 Å². The van der Waals surface area contributed by atoms with E-state index >= 15 is 0 Å². The van der Waals surface area contributed by atoms with Gasteiger partial charge < -0.3 is 5.73 Å². The summed E-state index contributed by atoms with van der Waals surface area (Å²) in [6.07, 6.45) is 2.46. The van der Waals surface area contributed by atoms with Gasteiger partial charge in [-0.15, -0.1) is 0 Å². The van der Waals surface area contributed by atoms with E-state index in [-0.39, 0.29) is 10.8 Å². The minimum atomic E-state index is -0.337. The van der Waals surface area contributed by atoms with E-state index in [9.17, 15) is 4.39 Å². The van der Waals surface area contributed by atoms with E-state index in [2.05, 4.69) is 18.7 Å². The van der Waals surface area contributed by atoms with Crippen LogP contribution in [0.25, 0.3) is 0 Å². The third kappa shape index (κ3) is 3.51. The number of nitrogens with zero attached hydrogens (tertiary/aromatic N) is 1. The fraction of sp³-hybridized carbons (Fsp3) is 0.533. The van der Waals surface area contributed by atoms with Crippen molar-refractivity contribution in [2.45, 2.75) is 39.3 Å². The molecule has 1 saturated heterocycles. The summed E-state index contributed by atoms with van der Waals surface area (Å²) in [4.78, 5) is 2.57. The summed E-state index contributed by atoms with van der Waals surface area (Å²) in [5, 5.41) is 0. The molecule has 2 unspecified atom stereocenters. The van der Waals surface area contributed by atoms with Crippen LogP contribution in [0.3, 0.4) is 0 Å². The van der Waals surface area contributed by atoms with Crippen molar-refractivity contribution in [2.24, 2.45) is 11.7 Å². The molecular weight excluding hydrogens is 259 g/mol. The second-order valence-electron chi connectivity index (χ2n) is 5.63. The Balaban J connectivity index is 2.11. The maximum atomic E-state index is 13.5. The molecule has 1 fully saturated rings. The lowest BCUT2D eigenvalue weighted by Gasteiger charge is -2.36. The van der Waals surface area contributed by atoms with Crippen LogP contribution in [-0.2, 0) is 6.54 Å². The first-order valence-electron chi connectivity index (χ1n) is 6.79. The molecule has 2 N–H and O–H groups in total. The Labute approximate surface area is 119 Å². The molecule has 2 atom stereocenters. The summed E-state index contributed by atoms with van der Waals surface area (Å²) < 4.78 is 13.5. The van der Waals surface area contributed by atoms with Crippen LogP contribution < -0.4 is 5.73 Å². The summed E-state index contributed by atoms with van der Waals surface area (Å²) in [6, 6.07) is 5.63. The Bertz CT molecular complexity index is 475. The zero-order chi connectivity index (χ0) is 14.0. The van der Waals surface area contributed by atoms with Crippen molar-refractivity contribution in [3.05, 3.63) is 35.1 Å². The molecule has 19 heavy (non-hydrogen) atoms. The highest BCUT2D eigenvalue weighted by atomic mass is 32.1. The normalized spacial score (nSPS) is 24.4. The minimum Gasteiger partial charge on any atom is -0.389 e. The predicted octanol–water partition coefficient (Wildman–Crippen LogP) is 3.08. The first kappa shape index (κ1) is 14.4. The molecule has 1 heterocycles. The summed E-state index contributed by atoms with van der Waals surface area (Å²) in [7, 11) is 0. The van der Waals surface area contributed by atoms with E-state index in [0.717, 1.165) is 24.6 Å². The minimum absolute atomic E-state index is 0.125. The molecule has 0 radical (unpaired) electrons. The van der Waals surface area contributed by atoms with Gasteiger partial charge in [0.1, 0.15) is 10.8 Å². The molecule has 0 spiro atoms. The van der Waals surface area contributed by atoms with E-state index in [1.54, 1.807) is 6.07 Å². The summed E-state index contributed by atoms with van der Waals surface area (Å²) >= 11 is 4.88. The average molecular weight is 280 g/mol. The molecule has 104 valence electrons. The lowest BCUT2D eigenvalue weighted by atomic mass is 9.93. The number of hydrogen-bond donors (Lipinski definition) is 1. The van der Waals surface area contributed by atoms with Crippen LogP contribution >= 0.6 is 12.2 Å². The van der Waals surface area contributed by atoms with E-state index in [0.29, 0.717) is 11.6 Å². The maximum absolute atomic E-state index is 13.5. The van der Waals surface area contributed by atoms with Crippen molar-refractivity contribution in [3.8, 4) is 0 Å². The monoisotopic (exact) mass is 280 g/mol. The Morgan fingerprint density at radius 2 is 2.21 bits per heavy atom. The Morgan fingerprint density at radius 3 is 2.84 bits per heavy atom.